The van der Waals surface area contributed by atoms with Crippen molar-refractivity contribution in [2.45, 2.75) is 39.2 Å². The zero-order valence-corrected chi connectivity index (χ0v) is 23.7. The fraction of sp³-hybridized carbons (Fsp3) is 0.258. The van der Waals surface area contributed by atoms with Gasteiger partial charge in [-0.25, -0.2) is 9.18 Å². The Morgan fingerprint density at radius 3 is 2.58 bits per heavy atom. The van der Waals surface area contributed by atoms with Crippen molar-refractivity contribution in [1.29, 1.82) is 0 Å². The molecule has 9 heteroatoms. The normalized spacial score (nSPS) is 15.3. The Hall–Kier alpha value is -3.68. The molecule has 40 heavy (non-hydrogen) atoms. The van der Waals surface area contributed by atoms with E-state index in [0.29, 0.717) is 51.0 Å². The van der Waals surface area contributed by atoms with Crippen LogP contribution in [0.4, 0.5) is 4.39 Å². The van der Waals surface area contributed by atoms with Crippen LogP contribution in [0, 0.1) is 5.82 Å². The first kappa shape index (κ1) is 29.3. The molecule has 1 N–H and O–H groups in total. The number of halogens is 3. The maximum absolute atomic E-state index is 14.0. The Labute approximate surface area is 242 Å². The van der Waals surface area contributed by atoms with Crippen molar-refractivity contribution in [3.05, 3.63) is 116 Å². The van der Waals surface area contributed by atoms with E-state index in [1.165, 1.54) is 17.0 Å². The van der Waals surface area contributed by atoms with Gasteiger partial charge in [-0.2, -0.15) is 0 Å². The van der Waals surface area contributed by atoms with Crippen molar-refractivity contribution in [3.8, 4) is 0 Å². The lowest BCUT2D eigenvalue weighted by atomic mass is 9.83. The second-order valence-corrected chi connectivity index (χ2v) is 10.3. The van der Waals surface area contributed by atoms with E-state index in [0.717, 1.165) is 5.56 Å². The molecular formula is C31H29Cl2FN2O4. The minimum absolute atomic E-state index is 0.0115. The third-order valence-electron chi connectivity index (χ3n) is 6.79. The van der Waals surface area contributed by atoms with Crippen molar-refractivity contribution in [2.24, 2.45) is 0 Å². The van der Waals surface area contributed by atoms with E-state index >= 15 is 0 Å². The number of carbonyl (C=O) groups excluding carboxylic acids is 3. The summed E-state index contributed by atoms with van der Waals surface area (Å²) in [4.78, 5) is 40.6. The van der Waals surface area contributed by atoms with Crippen LogP contribution in [-0.4, -0.2) is 35.8 Å². The summed E-state index contributed by atoms with van der Waals surface area (Å²) in [6.07, 6.45) is 0.527. The van der Waals surface area contributed by atoms with Crippen LogP contribution in [0.5, 0.6) is 0 Å². The minimum atomic E-state index is -0.621. The van der Waals surface area contributed by atoms with Crippen molar-refractivity contribution in [3.63, 3.8) is 0 Å². The quantitative estimate of drug-likeness (QED) is 0.294. The molecule has 2 amide bonds. The molecule has 3 aromatic carbocycles. The highest BCUT2D eigenvalue weighted by atomic mass is 35.5. The molecule has 0 saturated heterocycles. The van der Waals surface area contributed by atoms with Crippen LogP contribution in [0.3, 0.4) is 0 Å². The Kier molecular flexibility index (Phi) is 9.61. The molecule has 1 aliphatic rings. The van der Waals surface area contributed by atoms with Gasteiger partial charge < -0.3 is 15.0 Å². The Morgan fingerprint density at radius 2 is 1.85 bits per heavy atom. The Balaban J connectivity index is 1.51. The maximum atomic E-state index is 14.0. The SMILES string of the molecule is CCOC(=O)C1=C(C)N(Cc2cccc(C(=O)NCCc3ccc(Cl)cc3Cl)c2)C(=O)CC1c1cccc(F)c1. The largest absolute Gasteiger partial charge is 0.463 e. The number of carbonyl (C=O) groups is 3. The molecule has 0 radical (unpaired) electrons. The van der Waals surface area contributed by atoms with Crippen LogP contribution in [0.1, 0.15) is 53.2 Å². The highest BCUT2D eigenvalue weighted by Gasteiger charge is 2.37. The average Bonchev–Trinajstić information content (AvgIpc) is 2.92. The number of nitrogens with zero attached hydrogens (tertiary/aromatic N) is 1. The fourth-order valence-electron chi connectivity index (χ4n) is 4.82. The minimum Gasteiger partial charge on any atom is -0.463 e. The van der Waals surface area contributed by atoms with E-state index < -0.39 is 17.7 Å². The number of allylic oxidation sites excluding steroid dienone is 1. The predicted octanol–water partition coefficient (Wildman–Crippen LogP) is 6.46. The first-order chi connectivity index (χ1) is 19.2. The van der Waals surface area contributed by atoms with Crippen molar-refractivity contribution in [1.82, 2.24) is 10.2 Å². The van der Waals surface area contributed by atoms with Crippen LogP contribution in [0.2, 0.25) is 10.0 Å². The number of nitrogens with one attached hydrogen (secondary N) is 1. The molecule has 0 bridgehead atoms. The Bertz CT molecular complexity index is 1470. The summed E-state index contributed by atoms with van der Waals surface area (Å²) < 4.78 is 19.3. The number of rotatable bonds is 9. The van der Waals surface area contributed by atoms with Crippen LogP contribution in [-0.2, 0) is 27.3 Å². The van der Waals surface area contributed by atoms with Crippen LogP contribution >= 0.6 is 23.2 Å². The number of hydrogen-bond donors (Lipinski definition) is 1. The summed E-state index contributed by atoms with van der Waals surface area (Å²) in [6, 6.07) is 18.1. The molecule has 6 nitrogen and oxygen atoms in total. The van der Waals surface area contributed by atoms with Gasteiger partial charge in [-0.1, -0.05) is 53.5 Å². The summed E-state index contributed by atoms with van der Waals surface area (Å²) in [6.45, 7) is 4.10. The van der Waals surface area contributed by atoms with Gasteiger partial charge in [0, 0.05) is 40.2 Å². The van der Waals surface area contributed by atoms with E-state index in [1.54, 1.807) is 56.3 Å². The molecule has 1 aliphatic heterocycles. The fourth-order valence-corrected chi connectivity index (χ4v) is 5.32. The third-order valence-corrected chi connectivity index (χ3v) is 7.38. The molecule has 3 aromatic rings. The number of hydrogen-bond acceptors (Lipinski definition) is 4. The van der Waals surface area contributed by atoms with Gasteiger partial charge in [-0.3, -0.25) is 9.59 Å². The average molecular weight is 583 g/mol. The second kappa shape index (κ2) is 13.1. The van der Waals surface area contributed by atoms with E-state index in [1.807, 2.05) is 12.1 Å². The summed E-state index contributed by atoms with van der Waals surface area (Å²) in [7, 11) is 0. The molecule has 0 saturated carbocycles. The topological polar surface area (TPSA) is 75.7 Å². The van der Waals surface area contributed by atoms with Crippen molar-refractivity contribution >= 4 is 41.0 Å². The van der Waals surface area contributed by atoms with Crippen LogP contribution < -0.4 is 5.32 Å². The van der Waals surface area contributed by atoms with E-state index in [4.69, 9.17) is 27.9 Å². The maximum Gasteiger partial charge on any atom is 0.336 e. The smallest absolute Gasteiger partial charge is 0.336 e. The highest BCUT2D eigenvalue weighted by Crippen LogP contribution is 2.38. The number of esters is 1. The summed E-state index contributed by atoms with van der Waals surface area (Å²) in [5.41, 5.74) is 3.33. The lowest BCUT2D eigenvalue weighted by Crippen LogP contribution is -2.38. The zero-order valence-electron chi connectivity index (χ0n) is 22.2. The van der Waals surface area contributed by atoms with E-state index in [2.05, 4.69) is 5.32 Å². The van der Waals surface area contributed by atoms with Crippen molar-refractivity contribution in [2.75, 3.05) is 13.2 Å². The standard InChI is InChI=1S/C31H29Cl2FN2O4/c1-3-40-31(39)29-19(2)36(28(37)17-26(29)22-7-5-9-25(34)15-22)18-20-6-4-8-23(14-20)30(38)35-13-12-21-10-11-24(32)16-27(21)33/h4-11,14-16,26H,3,12-13,17-18H2,1-2H3,(H,35,38). The highest BCUT2D eigenvalue weighted by molar-refractivity contribution is 6.35. The van der Waals surface area contributed by atoms with Gasteiger partial charge in [0.1, 0.15) is 5.82 Å². The lowest BCUT2D eigenvalue weighted by molar-refractivity contribution is -0.140. The van der Waals surface area contributed by atoms with E-state index in [9.17, 15) is 18.8 Å². The molecule has 4 rings (SSSR count). The first-order valence-electron chi connectivity index (χ1n) is 12.9. The van der Waals surface area contributed by atoms with Crippen LogP contribution in [0.15, 0.2) is 78.0 Å². The van der Waals surface area contributed by atoms with Gasteiger partial charge in [-0.05, 0) is 73.4 Å². The molecule has 0 spiro atoms. The molecule has 1 atom stereocenters. The van der Waals surface area contributed by atoms with Gasteiger partial charge >= 0.3 is 5.97 Å². The number of ether oxygens (including phenoxy) is 1. The molecule has 0 aromatic heterocycles. The number of benzene rings is 3. The summed E-state index contributed by atoms with van der Waals surface area (Å²) in [5, 5.41) is 3.98. The predicted molar refractivity (Wildman–Crippen MR) is 153 cm³/mol. The summed E-state index contributed by atoms with van der Waals surface area (Å²) >= 11 is 12.2. The van der Waals surface area contributed by atoms with Gasteiger partial charge in [-0.15, -0.1) is 0 Å². The molecule has 0 aliphatic carbocycles. The van der Waals surface area contributed by atoms with Gasteiger partial charge in [0.05, 0.1) is 18.7 Å². The van der Waals surface area contributed by atoms with Crippen LogP contribution in [0.25, 0.3) is 0 Å². The Morgan fingerprint density at radius 1 is 1.07 bits per heavy atom. The van der Waals surface area contributed by atoms with Gasteiger partial charge in [0.2, 0.25) is 5.91 Å². The molecule has 208 valence electrons. The monoisotopic (exact) mass is 582 g/mol. The van der Waals surface area contributed by atoms with E-state index in [-0.39, 0.29) is 31.4 Å². The second-order valence-electron chi connectivity index (χ2n) is 9.45. The molecule has 1 heterocycles. The number of amides is 2. The van der Waals surface area contributed by atoms with Crippen molar-refractivity contribution < 1.29 is 23.5 Å². The summed E-state index contributed by atoms with van der Waals surface area (Å²) in [5.74, 6) is -2.08. The molecule has 1 unspecified atom stereocenters. The van der Waals surface area contributed by atoms with Gasteiger partial charge in [0.25, 0.3) is 5.91 Å². The van der Waals surface area contributed by atoms with Gasteiger partial charge in [0.15, 0.2) is 0 Å². The third kappa shape index (κ3) is 6.90. The lowest BCUT2D eigenvalue weighted by Gasteiger charge is -2.34. The molecule has 0 fully saturated rings. The first-order valence-corrected chi connectivity index (χ1v) is 13.7. The molecular weight excluding hydrogens is 554 g/mol. The zero-order chi connectivity index (χ0) is 28.8.